The second-order valence-electron chi connectivity index (χ2n) is 3.79. The highest BCUT2D eigenvalue weighted by molar-refractivity contribution is 5.94. The van der Waals surface area contributed by atoms with E-state index in [1.807, 2.05) is 10.8 Å². The van der Waals surface area contributed by atoms with Crippen molar-refractivity contribution in [3.63, 3.8) is 0 Å². The van der Waals surface area contributed by atoms with E-state index in [-0.39, 0.29) is 11.5 Å². The molecule has 0 spiro atoms. The Bertz CT molecular complexity index is 561. The molecular formula is C11H12N4O4. The number of carboxylic acids is 1. The molecule has 2 aromatic heterocycles. The first-order chi connectivity index (χ1) is 9.16. The van der Waals surface area contributed by atoms with Crippen LogP contribution in [0.15, 0.2) is 29.3 Å². The fourth-order valence-electron chi connectivity index (χ4n) is 1.46. The molecule has 0 saturated carbocycles. The van der Waals surface area contributed by atoms with Crippen LogP contribution in [-0.4, -0.2) is 38.2 Å². The lowest BCUT2D eigenvalue weighted by Gasteiger charge is -2.03. The summed E-state index contributed by atoms with van der Waals surface area (Å²) in [6.07, 6.45) is 5.93. The zero-order valence-electron chi connectivity index (χ0n) is 9.94. The standard InChI is InChI=1S/C11H12N4O4/c16-10(8-6-9(11(17)18)19-14-8)13-2-1-4-15-5-3-12-7-15/h3,5-7H,1-2,4H2,(H,13,16)(H,17,18). The fraction of sp³-hybridized carbons (Fsp3) is 0.273. The third-order valence-corrected chi connectivity index (χ3v) is 2.39. The number of rotatable bonds is 6. The van der Waals surface area contributed by atoms with Crippen LogP contribution in [0.4, 0.5) is 0 Å². The van der Waals surface area contributed by atoms with Crippen molar-refractivity contribution in [1.29, 1.82) is 0 Å². The van der Waals surface area contributed by atoms with E-state index in [1.54, 1.807) is 12.5 Å². The first kappa shape index (κ1) is 12.8. The maximum atomic E-state index is 11.6. The molecule has 0 aromatic carbocycles. The number of carbonyl (C=O) groups excluding carboxylic acids is 1. The van der Waals surface area contributed by atoms with Gasteiger partial charge in [-0.05, 0) is 6.42 Å². The normalized spacial score (nSPS) is 10.3. The fourth-order valence-corrected chi connectivity index (χ4v) is 1.46. The molecule has 100 valence electrons. The quantitative estimate of drug-likeness (QED) is 0.730. The Morgan fingerprint density at radius 1 is 1.47 bits per heavy atom. The van der Waals surface area contributed by atoms with Crippen molar-refractivity contribution in [3.8, 4) is 0 Å². The highest BCUT2D eigenvalue weighted by Crippen LogP contribution is 2.03. The summed E-state index contributed by atoms with van der Waals surface area (Å²) in [7, 11) is 0. The van der Waals surface area contributed by atoms with E-state index in [4.69, 9.17) is 5.11 Å². The number of nitrogens with zero attached hydrogens (tertiary/aromatic N) is 3. The smallest absolute Gasteiger partial charge is 0.374 e. The number of aromatic carboxylic acids is 1. The molecule has 0 aliphatic rings. The van der Waals surface area contributed by atoms with E-state index >= 15 is 0 Å². The van der Waals surface area contributed by atoms with Crippen molar-refractivity contribution in [1.82, 2.24) is 20.0 Å². The van der Waals surface area contributed by atoms with Crippen molar-refractivity contribution in [2.45, 2.75) is 13.0 Å². The van der Waals surface area contributed by atoms with E-state index in [9.17, 15) is 9.59 Å². The number of hydrogen-bond acceptors (Lipinski definition) is 5. The average Bonchev–Trinajstić information content (AvgIpc) is 3.05. The van der Waals surface area contributed by atoms with Gasteiger partial charge >= 0.3 is 5.97 Å². The average molecular weight is 264 g/mol. The molecule has 2 N–H and O–H groups in total. The molecule has 8 heteroatoms. The number of aromatic nitrogens is 3. The van der Waals surface area contributed by atoms with Crippen molar-refractivity contribution < 1.29 is 19.2 Å². The van der Waals surface area contributed by atoms with Gasteiger partial charge < -0.3 is 19.5 Å². The SMILES string of the molecule is O=C(NCCCn1ccnc1)c1cc(C(=O)O)on1. The summed E-state index contributed by atoms with van der Waals surface area (Å²) >= 11 is 0. The Hall–Kier alpha value is -2.64. The number of carboxylic acid groups (broad SMARTS) is 1. The van der Waals surface area contributed by atoms with Gasteiger partial charge in [0.15, 0.2) is 5.69 Å². The minimum absolute atomic E-state index is 0.0416. The monoisotopic (exact) mass is 264 g/mol. The third-order valence-electron chi connectivity index (χ3n) is 2.39. The van der Waals surface area contributed by atoms with Crippen molar-refractivity contribution in [3.05, 3.63) is 36.2 Å². The maximum Gasteiger partial charge on any atom is 0.374 e. The molecule has 1 amide bonds. The molecule has 0 aliphatic heterocycles. The molecule has 0 atom stereocenters. The molecule has 0 fully saturated rings. The second kappa shape index (κ2) is 5.80. The second-order valence-corrected chi connectivity index (χ2v) is 3.79. The molecule has 0 unspecified atom stereocenters. The summed E-state index contributed by atoms with van der Waals surface area (Å²) in [6, 6.07) is 1.09. The molecule has 19 heavy (non-hydrogen) atoms. The minimum Gasteiger partial charge on any atom is -0.475 e. The first-order valence-corrected chi connectivity index (χ1v) is 5.61. The van der Waals surface area contributed by atoms with Crippen molar-refractivity contribution in [2.24, 2.45) is 0 Å². The van der Waals surface area contributed by atoms with Gasteiger partial charge in [-0.2, -0.15) is 0 Å². The van der Waals surface area contributed by atoms with Gasteiger partial charge in [0.05, 0.1) is 6.33 Å². The van der Waals surface area contributed by atoms with E-state index in [1.165, 1.54) is 0 Å². The highest BCUT2D eigenvalue weighted by Gasteiger charge is 2.15. The minimum atomic E-state index is -1.26. The van der Waals surface area contributed by atoms with E-state index in [0.29, 0.717) is 6.54 Å². The molecule has 2 aromatic rings. The Balaban J connectivity index is 1.76. The van der Waals surface area contributed by atoms with Gasteiger partial charge in [0.2, 0.25) is 5.76 Å². The molecule has 0 radical (unpaired) electrons. The van der Waals surface area contributed by atoms with Gasteiger partial charge in [0.25, 0.3) is 5.91 Å². The summed E-state index contributed by atoms with van der Waals surface area (Å²) < 4.78 is 6.38. The van der Waals surface area contributed by atoms with E-state index in [0.717, 1.165) is 19.0 Å². The van der Waals surface area contributed by atoms with Crippen molar-refractivity contribution >= 4 is 11.9 Å². The summed E-state index contributed by atoms with van der Waals surface area (Å²) in [6.45, 7) is 1.19. The third kappa shape index (κ3) is 3.41. The van der Waals surface area contributed by atoms with E-state index < -0.39 is 11.9 Å². The largest absolute Gasteiger partial charge is 0.475 e. The molecule has 2 heterocycles. The summed E-state index contributed by atoms with van der Waals surface area (Å²) in [5, 5.41) is 14.6. The molecule has 0 saturated heterocycles. The van der Waals surface area contributed by atoms with Gasteiger partial charge in [-0.15, -0.1) is 0 Å². The van der Waals surface area contributed by atoms with Crippen LogP contribution in [0.5, 0.6) is 0 Å². The molecule has 0 bridgehead atoms. The van der Waals surface area contributed by atoms with Gasteiger partial charge in [0.1, 0.15) is 0 Å². The van der Waals surface area contributed by atoms with Crippen molar-refractivity contribution in [2.75, 3.05) is 6.54 Å². The number of nitrogens with one attached hydrogen (secondary N) is 1. The Kier molecular flexibility index (Phi) is 3.91. The maximum absolute atomic E-state index is 11.6. The molecular weight excluding hydrogens is 252 g/mol. The van der Waals surface area contributed by atoms with Gasteiger partial charge in [-0.25, -0.2) is 9.78 Å². The van der Waals surface area contributed by atoms with Gasteiger partial charge in [-0.3, -0.25) is 4.79 Å². The summed E-state index contributed by atoms with van der Waals surface area (Å²) in [5.41, 5.74) is -0.0416. The van der Waals surface area contributed by atoms with Gasteiger partial charge in [-0.1, -0.05) is 5.16 Å². The van der Waals surface area contributed by atoms with Crippen LogP contribution < -0.4 is 5.32 Å². The number of hydrogen-bond donors (Lipinski definition) is 2. The lowest BCUT2D eigenvalue weighted by atomic mass is 10.3. The Labute approximate surface area is 108 Å². The lowest BCUT2D eigenvalue weighted by Crippen LogP contribution is -2.25. The number of carbonyl (C=O) groups is 2. The summed E-state index contributed by atoms with van der Waals surface area (Å²) in [4.78, 5) is 26.1. The lowest BCUT2D eigenvalue weighted by molar-refractivity contribution is 0.0651. The van der Waals surface area contributed by atoms with Crippen LogP contribution in [-0.2, 0) is 6.54 Å². The number of aryl methyl sites for hydroxylation is 1. The van der Waals surface area contributed by atoms with Crippen LogP contribution in [0.25, 0.3) is 0 Å². The molecule has 2 rings (SSSR count). The Morgan fingerprint density at radius 3 is 2.95 bits per heavy atom. The van der Waals surface area contributed by atoms with Crippen LogP contribution in [0, 0.1) is 0 Å². The predicted molar refractivity (Wildman–Crippen MR) is 62.6 cm³/mol. The topological polar surface area (TPSA) is 110 Å². The first-order valence-electron chi connectivity index (χ1n) is 5.61. The zero-order chi connectivity index (χ0) is 13.7. The highest BCUT2D eigenvalue weighted by atomic mass is 16.5. The van der Waals surface area contributed by atoms with Crippen LogP contribution in [0.2, 0.25) is 0 Å². The van der Waals surface area contributed by atoms with Crippen LogP contribution in [0.1, 0.15) is 27.5 Å². The molecule has 8 nitrogen and oxygen atoms in total. The zero-order valence-corrected chi connectivity index (χ0v) is 9.94. The van der Waals surface area contributed by atoms with E-state index in [2.05, 4.69) is 20.0 Å². The summed E-state index contributed by atoms with van der Waals surface area (Å²) in [5.74, 6) is -2.07. The predicted octanol–water partition coefficient (Wildman–Crippen LogP) is 0.389. The Morgan fingerprint density at radius 2 is 2.32 bits per heavy atom. The molecule has 0 aliphatic carbocycles. The number of amides is 1. The number of imidazole rings is 1. The van der Waals surface area contributed by atoms with Gasteiger partial charge in [0, 0.05) is 31.5 Å². The van der Waals surface area contributed by atoms with Crippen LogP contribution >= 0.6 is 0 Å². The van der Waals surface area contributed by atoms with Crippen LogP contribution in [0.3, 0.4) is 0 Å².